The van der Waals surface area contributed by atoms with Gasteiger partial charge in [0.25, 0.3) is 10.0 Å². The van der Waals surface area contributed by atoms with Gasteiger partial charge in [-0.2, -0.15) is 0 Å². The highest BCUT2D eigenvalue weighted by Gasteiger charge is 2.34. The molecule has 0 aromatic heterocycles. The Balaban J connectivity index is 1.79. The number of halogens is 2. The minimum Gasteiger partial charge on any atom is -0.352 e. The van der Waals surface area contributed by atoms with Gasteiger partial charge in [0.1, 0.15) is 18.4 Å². The molecule has 0 saturated carbocycles. The normalized spacial score (nSPS) is 12.0. The Hall–Kier alpha value is -4.21. The van der Waals surface area contributed by atoms with Crippen LogP contribution in [0.5, 0.6) is 0 Å². The fourth-order valence-corrected chi connectivity index (χ4v) is 6.23. The van der Waals surface area contributed by atoms with E-state index in [4.69, 9.17) is 11.6 Å². The number of anilines is 1. The third-order valence-corrected chi connectivity index (χ3v) is 9.01. The van der Waals surface area contributed by atoms with Crippen molar-refractivity contribution >= 4 is 39.1 Å². The highest BCUT2D eigenvalue weighted by molar-refractivity contribution is 7.92. The maximum absolute atomic E-state index is 14.4. The van der Waals surface area contributed by atoms with Crippen molar-refractivity contribution in [3.05, 3.63) is 131 Å². The van der Waals surface area contributed by atoms with Crippen LogP contribution in [-0.2, 0) is 32.6 Å². The second-order valence-electron chi connectivity index (χ2n) is 10.8. The van der Waals surface area contributed by atoms with Crippen LogP contribution in [0, 0.1) is 12.7 Å². The van der Waals surface area contributed by atoms with Gasteiger partial charge in [0.15, 0.2) is 0 Å². The molecule has 0 aliphatic carbocycles. The molecule has 0 spiro atoms. The van der Waals surface area contributed by atoms with Gasteiger partial charge in [0.2, 0.25) is 11.8 Å². The van der Waals surface area contributed by atoms with Gasteiger partial charge < -0.3 is 10.2 Å². The number of carbonyl (C=O) groups excluding carboxylic acids is 2. The number of hydrogen-bond donors (Lipinski definition) is 1. The molecule has 0 aliphatic heterocycles. The fraction of sp³-hybridized carbons (Fsp3) is 0.235. The van der Waals surface area contributed by atoms with Crippen LogP contribution in [0.2, 0.25) is 5.02 Å². The maximum Gasteiger partial charge on any atom is 0.264 e. The molecule has 230 valence electrons. The van der Waals surface area contributed by atoms with Gasteiger partial charge in [-0.25, -0.2) is 12.8 Å². The molecule has 0 heterocycles. The first-order valence-corrected chi connectivity index (χ1v) is 16.0. The summed E-state index contributed by atoms with van der Waals surface area (Å²) in [6.45, 7) is 4.95. The van der Waals surface area contributed by atoms with E-state index < -0.39 is 34.3 Å². The second-order valence-corrected chi connectivity index (χ2v) is 13.1. The van der Waals surface area contributed by atoms with Crippen molar-refractivity contribution in [2.45, 2.75) is 50.7 Å². The Morgan fingerprint density at radius 2 is 1.45 bits per heavy atom. The van der Waals surface area contributed by atoms with E-state index in [1.807, 2.05) is 51.1 Å². The van der Waals surface area contributed by atoms with Crippen molar-refractivity contribution in [1.82, 2.24) is 10.2 Å². The van der Waals surface area contributed by atoms with Gasteiger partial charge in [-0.1, -0.05) is 71.8 Å². The number of sulfonamides is 1. The van der Waals surface area contributed by atoms with E-state index >= 15 is 0 Å². The first-order chi connectivity index (χ1) is 20.9. The number of benzene rings is 4. The first-order valence-electron chi connectivity index (χ1n) is 14.2. The van der Waals surface area contributed by atoms with Gasteiger partial charge >= 0.3 is 0 Å². The van der Waals surface area contributed by atoms with E-state index in [-0.39, 0.29) is 35.5 Å². The van der Waals surface area contributed by atoms with Crippen LogP contribution < -0.4 is 9.62 Å². The number of aryl methyl sites for hydroxylation is 1. The largest absolute Gasteiger partial charge is 0.352 e. The summed E-state index contributed by atoms with van der Waals surface area (Å²) in [6.07, 6.45) is 0.202. The lowest BCUT2D eigenvalue weighted by Crippen LogP contribution is -2.54. The van der Waals surface area contributed by atoms with Crippen molar-refractivity contribution in [2.75, 3.05) is 10.8 Å². The number of carbonyl (C=O) groups is 2. The molecule has 4 aromatic carbocycles. The molecule has 7 nitrogen and oxygen atoms in total. The highest BCUT2D eigenvalue weighted by atomic mass is 35.5. The molecule has 0 fully saturated rings. The van der Waals surface area contributed by atoms with Crippen LogP contribution in [0.15, 0.2) is 108 Å². The molecule has 0 bridgehead atoms. The third kappa shape index (κ3) is 8.45. The molecule has 0 radical (unpaired) electrons. The quantitative estimate of drug-likeness (QED) is 0.202. The molecule has 44 heavy (non-hydrogen) atoms. The Labute approximate surface area is 263 Å². The predicted molar refractivity (Wildman–Crippen MR) is 171 cm³/mol. The molecule has 10 heteroatoms. The van der Waals surface area contributed by atoms with Crippen molar-refractivity contribution < 1.29 is 22.4 Å². The predicted octanol–water partition coefficient (Wildman–Crippen LogP) is 6.15. The zero-order valence-corrected chi connectivity index (χ0v) is 26.4. The number of nitrogens with zero attached hydrogens (tertiary/aromatic N) is 2. The van der Waals surface area contributed by atoms with E-state index in [1.54, 1.807) is 48.5 Å². The molecule has 4 rings (SSSR count). The molecule has 0 saturated heterocycles. The summed E-state index contributed by atoms with van der Waals surface area (Å²) in [4.78, 5) is 29.3. The van der Waals surface area contributed by atoms with E-state index in [0.29, 0.717) is 10.6 Å². The zero-order chi connectivity index (χ0) is 31.9. The summed E-state index contributed by atoms with van der Waals surface area (Å²) in [5, 5.41) is 3.44. The first kappa shape index (κ1) is 32.7. The van der Waals surface area contributed by atoms with Crippen LogP contribution in [0.4, 0.5) is 10.1 Å². The third-order valence-electron chi connectivity index (χ3n) is 6.97. The summed E-state index contributed by atoms with van der Waals surface area (Å²) in [5.74, 6) is -1.54. The number of nitrogens with one attached hydrogen (secondary N) is 1. The van der Waals surface area contributed by atoms with Gasteiger partial charge in [0, 0.05) is 24.0 Å². The fourth-order valence-electron chi connectivity index (χ4n) is 4.69. The average molecular weight is 636 g/mol. The van der Waals surface area contributed by atoms with E-state index in [2.05, 4.69) is 5.32 Å². The summed E-state index contributed by atoms with van der Waals surface area (Å²) in [7, 11) is -4.31. The monoisotopic (exact) mass is 635 g/mol. The summed E-state index contributed by atoms with van der Waals surface area (Å²) < 4.78 is 42.6. The summed E-state index contributed by atoms with van der Waals surface area (Å²) in [6, 6.07) is 26.2. The molecule has 2 amide bonds. The van der Waals surface area contributed by atoms with Crippen molar-refractivity contribution in [3.63, 3.8) is 0 Å². The molecule has 0 aliphatic rings. The van der Waals surface area contributed by atoms with Gasteiger partial charge in [-0.05, 0) is 80.4 Å². The Morgan fingerprint density at radius 3 is 2.05 bits per heavy atom. The van der Waals surface area contributed by atoms with E-state index in [1.165, 1.54) is 4.90 Å². The van der Waals surface area contributed by atoms with Crippen LogP contribution in [-0.4, -0.2) is 43.8 Å². The van der Waals surface area contributed by atoms with Crippen LogP contribution in [0.1, 0.15) is 30.5 Å². The standard InChI is InChI=1S/C34H35ClFN3O4S/c1-24(2)37-34(41)32(21-26-7-5-4-6-8-26)38(22-27-11-13-28(35)14-12-27)33(40)23-39(30-17-9-25(3)10-18-30)44(42,43)31-19-15-29(36)16-20-31/h4-20,24,32H,21-23H2,1-3H3,(H,37,41)/t32-/m1/s1. The van der Waals surface area contributed by atoms with Crippen LogP contribution >= 0.6 is 11.6 Å². The van der Waals surface area contributed by atoms with Gasteiger partial charge in [0.05, 0.1) is 10.6 Å². The summed E-state index contributed by atoms with van der Waals surface area (Å²) >= 11 is 6.11. The lowest BCUT2D eigenvalue weighted by atomic mass is 10.0. The SMILES string of the molecule is Cc1ccc(N(CC(=O)N(Cc2ccc(Cl)cc2)[C@H](Cc2ccccc2)C(=O)NC(C)C)S(=O)(=O)c2ccc(F)cc2)cc1. The topological polar surface area (TPSA) is 86.8 Å². The average Bonchev–Trinajstić information content (AvgIpc) is 2.99. The minimum atomic E-state index is -4.31. The molecule has 1 atom stereocenters. The smallest absolute Gasteiger partial charge is 0.264 e. The number of rotatable bonds is 12. The highest BCUT2D eigenvalue weighted by Crippen LogP contribution is 2.26. The van der Waals surface area contributed by atoms with E-state index in [9.17, 15) is 22.4 Å². The molecule has 1 N–H and O–H groups in total. The molecule has 4 aromatic rings. The lowest BCUT2D eigenvalue weighted by Gasteiger charge is -2.34. The Bertz CT molecular complexity index is 1660. The van der Waals surface area contributed by atoms with Gasteiger partial charge in [-0.3, -0.25) is 13.9 Å². The van der Waals surface area contributed by atoms with E-state index in [0.717, 1.165) is 39.7 Å². The maximum atomic E-state index is 14.4. The second kappa shape index (κ2) is 14.5. The van der Waals surface area contributed by atoms with Gasteiger partial charge in [-0.15, -0.1) is 0 Å². The van der Waals surface area contributed by atoms with Crippen LogP contribution in [0.25, 0.3) is 0 Å². The number of hydrogen-bond acceptors (Lipinski definition) is 4. The Morgan fingerprint density at radius 1 is 0.841 bits per heavy atom. The molecular weight excluding hydrogens is 601 g/mol. The van der Waals surface area contributed by atoms with Crippen LogP contribution in [0.3, 0.4) is 0 Å². The van der Waals surface area contributed by atoms with Crippen molar-refractivity contribution in [2.24, 2.45) is 0 Å². The number of amides is 2. The Kier molecular flexibility index (Phi) is 10.8. The van der Waals surface area contributed by atoms with Crippen molar-refractivity contribution in [3.8, 4) is 0 Å². The minimum absolute atomic E-state index is 0.0252. The summed E-state index contributed by atoms with van der Waals surface area (Å²) in [5.41, 5.74) is 2.70. The molecular formula is C34H35ClFN3O4S. The lowest BCUT2D eigenvalue weighted by molar-refractivity contribution is -0.140. The van der Waals surface area contributed by atoms with Crippen molar-refractivity contribution in [1.29, 1.82) is 0 Å². The zero-order valence-electron chi connectivity index (χ0n) is 24.8. The molecule has 0 unspecified atom stereocenters.